The largest absolute Gasteiger partial charge is 0.343 e. The highest BCUT2D eigenvalue weighted by Crippen LogP contribution is 2.27. The molecule has 1 fully saturated rings. The molecule has 1 atom stereocenters. The van der Waals surface area contributed by atoms with Crippen molar-refractivity contribution in [2.75, 3.05) is 24.5 Å². The van der Waals surface area contributed by atoms with Crippen LogP contribution in [0.4, 0.5) is 5.69 Å². The van der Waals surface area contributed by atoms with Crippen LogP contribution >= 0.6 is 0 Å². The number of amides is 2. The number of hydrogen-bond donors (Lipinski definition) is 0. The minimum absolute atomic E-state index is 0.0538. The first kappa shape index (κ1) is 17.5. The van der Waals surface area contributed by atoms with E-state index in [0.29, 0.717) is 19.5 Å². The Morgan fingerprint density at radius 1 is 1.26 bits per heavy atom. The first-order chi connectivity index (χ1) is 11.0. The quantitative estimate of drug-likeness (QED) is 0.808. The Balaban J connectivity index is 2.09. The van der Waals surface area contributed by atoms with E-state index in [1.165, 1.54) is 11.1 Å². The predicted octanol–water partition coefficient (Wildman–Crippen LogP) is 3.30. The highest BCUT2D eigenvalue weighted by Gasteiger charge is 2.36. The Morgan fingerprint density at radius 2 is 2.00 bits per heavy atom. The summed E-state index contributed by atoms with van der Waals surface area (Å²) in [5.74, 6) is -0.0281. The number of carbonyl (C=O) groups is 2. The average Bonchev–Trinajstić information content (AvgIpc) is 2.92. The Bertz CT molecular complexity index is 583. The molecular formula is C19H28N2O2. The van der Waals surface area contributed by atoms with Crippen LogP contribution in [0.3, 0.4) is 0 Å². The van der Waals surface area contributed by atoms with E-state index in [2.05, 4.69) is 13.8 Å². The van der Waals surface area contributed by atoms with Crippen LogP contribution in [0.5, 0.6) is 0 Å². The Morgan fingerprint density at radius 3 is 2.61 bits per heavy atom. The SMILES string of the molecule is CCCCN(CC)C(=O)[C@H]1CC(=O)N(c2ccc(C)c(C)c2)C1. The zero-order valence-electron chi connectivity index (χ0n) is 14.8. The highest BCUT2D eigenvalue weighted by molar-refractivity contribution is 6.00. The molecule has 0 radical (unpaired) electrons. The molecule has 0 aromatic heterocycles. The zero-order chi connectivity index (χ0) is 17.0. The fourth-order valence-electron chi connectivity index (χ4n) is 3.05. The molecular weight excluding hydrogens is 288 g/mol. The van der Waals surface area contributed by atoms with Gasteiger partial charge in [-0.2, -0.15) is 0 Å². The Hall–Kier alpha value is -1.84. The molecule has 1 saturated heterocycles. The maximum Gasteiger partial charge on any atom is 0.228 e. The normalized spacial score (nSPS) is 17.7. The summed E-state index contributed by atoms with van der Waals surface area (Å²) in [5, 5.41) is 0. The van der Waals surface area contributed by atoms with Crippen LogP contribution in [-0.4, -0.2) is 36.3 Å². The minimum atomic E-state index is -0.207. The monoisotopic (exact) mass is 316 g/mol. The van der Waals surface area contributed by atoms with E-state index in [9.17, 15) is 9.59 Å². The van der Waals surface area contributed by atoms with Crippen LogP contribution in [0, 0.1) is 19.8 Å². The molecule has 1 aliphatic rings. The van der Waals surface area contributed by atoms with E-state index < -0.39 is 0 Å². The smallest absolute Gasteiger partial charge is 0.228 e. The number of aryl methyl sites for hydroxylation is 2. The molecule has 2 rings (SSSR count). The van der Waals surface area contributed by atoms with Crippen molar-refractivity contribution in [3.63, 3.8) is 0 Å². The van der Waals surface area contributed by atoms with Gasteiger partial charge in [-0.3, -0.25) is 9.59 Å². The van der Waals surface area contributed by atoms with Crippen molar-refractivity contribution >= 4 is 17.5 Å². The molecule has 1 aromatic rings. The van der Waals surface area contributed by atoms with Gasteiger partial charge in [0.25, 0.3) is 0 Å². The number of carbonyl (C=O) groups excluding carboxylic acids is 2. The second-order valence-corrected chi connectivity index (χ2v) is 6.45. The van der Waals surface area contributed by atoms with Crippen LogP contribution in [0.1, 0.15) is 44.2 Å². The van der Waals surface area contributed by atoms with Crippen molar-refractivity contribution in [2.45, 2.75) is 47.0 Å². The van der Waals surface area contributed by atoms with Crippen molar-refractivity contribution in [3.8, 4) is 0 Å². The molecule has 126 valence electrons. The van der Waals surface area contributed by atoms with Crippen LogP contribution in [0.2, 0.25) is 0 Å². The topological polar surface area (TPSA) is 40.6 Å². The molecule has 0 N–H and O–H groups in total. The van der Waals surface area contributed by atoms with Gasteiger partial charge in [-0.25, -0.2) is 0 Å². The summed E-state index contributed by atoms with van der Waals surface area (Å²) >= 11 is 0. The van der Waals surface area contributed by atoms with Gasteiger partial charge in [0, 0.05) is 31.7 Å². The fourth-order valence-corrected chi connectivity index (χ4v) is 3.05. The summed E-state index contributed by atoms with van der Waals surface area (Å²) in [6, 6.07) is 6.04. The molecule has 4 heteroatoms. The van der Waals surface area contributed by atoms with Crippen LogP contribution in [0.15, 0.2) is 18.2 Å². The number of nitrogens with zero attached hydrogens (tertiary/aromatic N) is 2. The molecule has 0 bridgehead atoms. The first-order valence-electron chi connectivity index (χ1n) is 8.64. The number of benzene rings is 1. The molecule has 0 unspecified atom stereocenters. The first-order valence-corrected chi connectivity index (χ1v) is 8.64. The second-order valence-electron chi connectivity index (χ2n) is 6.45. The summed E-state index contributed by atoms with van der Waals surface area (Å²) in [4.78, 5) is 28.7. The maximum atomic E-state index is 12.7. The van der Waals surface area contributed by atoms with Gasteiger partial charge in [-0.1, -0.05) is 19.4 Å². The van der Waals surface area contributed by atoms with Gasteiger partial charge >= 0.3 is 0 Å². The third kappa shape index (κ3) is 3.92. The molecule has 0 saturated carbocycles. The van der Waals surface area contributed by atoms with Crippen LogP contribution in [-0.2, 0) is 9.59 Å². The molecule has 1 aliphatic heterocycles. The summed E-state index contributed by atoms with van der Waals surface area (Å²) in [6.45, 7) is 10.2. The maximum absolute atomic E-state index is 12.7. The standard InChI is InChI=1S/C19H28N2O2/c1-5-7-10-20(6-2)19(23)16-12-18(22)21(13-16)17-9-8-14(3)15(4)11-17/h8-9,11,16H,5-7,10,12-13H2,1-4H3/t16-/m0/s1. The van der Waals surface area contributed by atoms with Gasteiger partial charge in [0.1, 0.15) is 0 Å². The van der Waals surface area contributed by atoms with Crippen molar-refractivity contribution in [1.82, 2.24) is 4.90 Å². The Kier molecular flexibility index (Phi) is 5.80. The lowest BCUT2D eigenvalue weighted by atomic mass is 10.1. The molecule has 0 aliphatic carbocycles. The number of rotatable bonds is 6. The minimum Gasteiger partial charge on any atom is -0.343 e. The lowest BCUT2D eigenvalue weighted by molar-refractivity contribution is -0.135. The van der Waals surface area contributed by atoms with Crippen LogP contribution < -0.4 is 4.90 Å². The molecule has 1 heterocycles. The molecule has 23 heavy (non-hydrogen) atoms. The van der Waals surface area contributed by atoms with Crippen LogP contribution in [0.25, 0.3) is 0 Å². The third-order valence-electron chi connectivity index (χ3n) is 4.75. The van der Waals surface area contributed by atoms with Crippen molar-refractivity contribution in [2.24, 2.45) is 5.92 Å². The van der Waals surface area contributed by atoms with Gasteiger partial charge < -0.3 is 9.80 Å². The lowest BCUT2D eigenvalue weighted by Gasteiger charge is -2.24. The second kappa shape index (κ2) is 7.62. The van der Waals surface area contributed by atoms with Crippen molar-refractivity contribution in [1.29, 1.82) is 0 Å². The molecule has 4 nitrogen and oxygen atoms in total. The number of anilines is 1. The lowest BCUT2D eigenvalue weighted by Crippen LogP contribution is -2.38. The van der Waals surface area contributed by atoms with E-state index >= 15 is 0 Å². The van der Waals surface area contributed by atoms with Gasteiger partial charge in [0.15, 0.2) is 0 Å². The fraction of sp³-hybridized carbons (Fsp3) is 0.579. The predicted molar refractivity (Wildman–Crippen MR) is 93.5 cm³/mol. The van der Waals surface area contributed by atoms with E-state index in [4.69, 9.17) is 0 Å². The van der Waals surface area contributed by atoms with E-state index in [0.717, 1.165) is 25.1 Å². The van der Waals surface area contributed by atoms with Crippen molar-refractivity contribution in [3.05, 3.63) is 29.3 Å². The third-order valence-corrected chi connectivity index (χ3v) is 4.75. The summed E-state index contributed by atoms with van der Waals surface area (Å²) in [5.41, 5.74) is 3.29. The molecule has 0 spiro atoms. The summed E-state index contributed by atoms with van der Waals surface area (Å²) in [7, 11) is 0. The van der Waals surface area contributed by atoms with E-state index in [-0.39, 0.29) is 17.7 Å². The van der Waals surface area contributed by atoms with Gasteiger partial charge in [0.05, 0.1) is 5.92 Å². The summed E-state index contributed by atoms with van der Waals surface area (Å²) in [6.07, 6.45) is 2.41. The van der Waals surface area contributed by atoms with Gasteiger partial charge in [0.2, 0.25) is 11.8 Å². The number of unbranched alkanes of at least 4 members (excludes halogenated alkanes) is 1. The number of hydrogen-bond acceptors (Lipinski definition) is 2. The summed E-state index contributed by atoms with van der Waals surface area (Å²) < 4.78 is 0. The van der Waals surface area contributed by atoms with Gasteiger partial charge in [-0.15, -0.1) is 0 Å². The van der Waals surface area contributed by atoms with E-state index in [1.54, 1.807) is 4.90 Å². The highest BCUT2D eigenvalue weighted by atomic mass is 16.2. The van der Waals surface area contributed by atoms with Gasteiger partial charge in [-0.05, 0) is 50.5 Å². The molecule has 2 amide bonds. The van der Waals surface area contributed by atoms with E-state index in [1.807, 2.05) is 36.9 Å². The zero-order valence-corrected chi connectivity index (χ0v) is 14.8. The Labute approximate surface area is 139 Å². The molecule has 1 aromatic carbocycles. The van der Waals surface area contributed by atoms with Crippen molar-refractivity contribution < 1.29 is 9.59 Å². The average molecular weight is 316 g/mol.